The van der Waals surface area contributed by atoms with Crippen LogP contribution in [0.2, 0.25) is 0 Å². The van der Waals surface area contributed by atoms with Crippen molar-refractivity contribution in [3.63, 3.8) is 0 Å². The van der Waals surface area contributed by atoms with E-state index in [1.807, 2.05) is 19.1 Å². The molecule has 0 aliphatic carbocycles. The van der Waals surface area contributed by atoms with E-state index in [0.717, 1.165) is 28.2 Å². The van der Waals surface area contributed by atoms with Crippen LogP contribution in [-0.2, 0) is 6.54 Å². The number of benzene rings is 1. The average Bonchev–Trinajstić information content (AvgIpc) is 2.95. The van der Waals surface area contributed by atoms with Crippen LogP contribution in [-0.4, -0.2) is 18.9 Å². The first-order valence-corrected chi connectivity index (χ1v) is 8.18. The lowest BCUT2D eigenvalue weighted by atomic mass is 10.1. The highest BCUT2D eigenvalue weighted by Crippen LogP contribution is 2.25. The fraction of sp³-hybridized carbons (Fsp3) is 0.150. The molecule has 4 aromatic rings. The van der Waals surface area contributed by atoms with E-state index in [-0.39, 0.29) is 5.69 Å². The minimum atomic E-state index is -0.264. The van der Waals surface area contributed by atoms with Crippen LogP contribution in [0.4, 0.5) is 0 Å². The van der Waals surface area contributed by atoms with Gasteiger partial charge in [-0.2, -0.15) is 0 Å². The monoisotopic (exact) mass is 330 g/mol. The van der Waals surface area contributed by atoms with E-state index in [9.17, 15) is 4.79 Å². The Balaban J connectivity index is 1.94. The Morgan fingerprint density at radius 2 is 1.76 bits per heavy atom. The van der Waals surface area contributed by atoms with Gasteiger partial charge in [0.25, 0.3) is 0 Å². The summed E-state index contributed by atoms with van der Waals surface area (Å²) in [7, 11) is 0. The highest BCUT2D eigenvalue weighted by Gasteiger charge is 2.15. The molecule has 0 saturated heterocycles. The van der Waals surface area contributed by atoms with Crippen molar-refractivity contribution >= 4 is 5.65 Å². The molecule has 3 aromatic heterocycles. The SMILES string of the molecule is Cc1ccc(-c2nc3ccc(C)cn3c2Cn2cccnc2=O)cc1. The molecule has 0 aliphatic heterocycles. The Bertz CT molecular complexity index is 1110. The normalized spacial score (nSPS) is 11.1. The van der Waals surface area contributed by atoms with E-state index < -0.39 is 0 Å². The summed E-state index contributed by atoms with van der Waals surface area (Å²) < 4.78 is 3.66. The highest BCUT2D eigenvalue weighted by molar-refractivity contribution is 5.67. The molecule has 0 saturated carbocycles. The van der Waals surface area contributed by atoms with Crippen LogP contribution in [0.1, 0.15) is 16.8 Å². The van der Waals surface area contributed by atoms with Crippen LogP contribution in [0.15, 0.2) is 65.8 Å². The first-order chi connectivity index (χ1) is 12.1. The Labute approximate surface area is 145 Å². The largest absolute Gasteiger partial charge is 0.347 e. The number of nitrogens with zero attached hydrogens (tertiary/aromatic N) is 4. The maximum absolute atomic E-state index is 12.1. The van der Waals surface area contributed by atoms with Crippen LogP contribution in [0.3, 0.4) is 0 Å². The van der Waals surface area contributed by atoms with Crippen molar-refractivity contribution in [2.75, 3.05) is 0 Å². The molecule has 0 bridgehead atoms. The molecule has 0 radical (unpaired) electrons. The van der Waals surface area contributed by atoms with E-state index in [2.05, 4.69) is 46.8 Å². The van der Waals surface area contributed by atoms with Crippen LogP contribution in [0, 0.1) is 13.8 Å². The summed E-state index contributed by atoms with van der Waals surface area (Å²) in [5, 5.41) is 0. The molecule has 124 valence electrons. The van der Waals surface area contributed by atoms with Gasteiger partial charge in [0.15, 0.2) is 0 Å². The molecule has 0 N–H and O–H groups in total. The number of aryl methyl sites for hydroxylation is 2. The standard InChI is InChI=1S/C20H18N4O/c1-14-4-7-16(8-5-14)19-17(13-23-11-3-10-21-20(23)25)24-12-15(2)6-9-18(24)22-19/h3-12H,13H2,1-2H3. The van der Waals surface area contributed by atoms with E-state index in [0.29, 0.717) is 6.54 Å². The fourth-order valence-electron chi connectivity index (χ4n) is 2.96. The third-order valence-electron chi connectivity index (χ3n) is 4.29. The van der Waals surface area contributed by atoms with Crippen LogP contribution in [0.25, 0.3) is 16.9 Å². The molecule has 5 heteroatoms. The molecule has 0 fully saturated rings. The Hall–Kier alpha value is -3.21. The van der Waals surface area contributed by atoms with E-state index in [4.69, 9.17) is 4.98 Å². The molecule has 0 spiro atoms. The van der Waals surface area contributed by atoms with E-state index in [1.165, 1.54) is 11.8 Å². The number of imidazole rings is 1. The van der Waals surface area contributed by atoms with Gasteiger partial charge in [-0.3, -0.25) is 4.57 Å². The predicted octanol–water partition coefficient (Wildman–Crippen LogP) is 3.22. The molecule has 1 aromatic carbocycles. The van der Waals surface area contributed by atoms with Crippen LogP contribution < -0.4 is 5.69 Å². The van der Waals surface area contributed by atoms with Crippen molar-refractivity contribution in [2.24, 2.45) is 0 Å². The van der Waals surface area contributed by atoms with Gasteiger partial charge in [-0.15, -0.1) is 0 Å². The first kappa shape index (κ1) is 15.3. The molecule has 4 rings (SSSR count). The molecule has 5 nitrogen and oxygen atoms in total. The summed E-state index contributed by atoms with van der Waals surface area (Å²) in [4.78, 5) is 20.7. The average molecular weight is 330 g/mol. The third kappa shape index (κ3) is 2.85. The van der Waals surface area contributed by atoms with Gasteiger partial charge in [0.1, 0.15) is 5.65 Å². The van der Waals surface area contributed by atoms with Gasteiger partial charge in [0, 0.05) is 24.2 Å². The number of aromatic nitrogens is 4. The van der Waals surface area contributed by atoms with Gasteiger partial charge in [-0.25, -0.2) is 14.8 Å². The summed E-state index contributed by atoms with van der Waals surface area (Å²) in [6.45, 7) is 4.53. The highest BCUT2D eigenvalue weighted by atomic mass is 16.1. The molecular formula is C20H18N4O. The number of fused-ring (bicyclic) bond motifs is 1. The molecule has 0 aliphatic rings. The van der Waals surface area contributed by atoms with Crippen molar-refractivity contribution < 1.29 is 0 Å². The quantitative estimate of drug-likeness (QED) is 0.579. The maximum Gasteiger partial charge on any atom is 0.347 e. The summed E-state index contributed by atoms with van der Waals surface area (Å²) in [5.41, 5.74) is 5.85. The van der Waals surface area contributed by atoms with Gasteiger partial charge >= 0.3 is 5.69 Å². The second kappa shape index (κ2) is 6.02. The lowest BCUT2D eigenvalue weighted by Crippen LogP contribution is -2.22. The molecule has 25 heavy (non-hydrogen) atoms. The Morgan fingerprint density at radius 3 is 2.52 bits per heavy atom. The lowest BCUT2D eigenvalue weighted by molar-refractivity contribution is 0.706. The zero-order valence-electron chi connectivity index (χ0n) is 14.2. The van der Waals surface area contributed by atoms with Crippen molar-refractivity contribution in [2.45, 2.75) is 20.4 Å². The zero-order valence-corrected chi connectivity index (χ0v) is 14.2. The second-order valence-corrected chi connectivity index (χ2v) is 6.24. The molecule has 0 unspecified atom stereocenters. The molecular weight excluding hydrogens is 312 g/mol. The predicted molar refractivity (Wildman–Crippen MR) is 97.7 cm³/mol. The van der Waals surface area contributed by atoms with Crippen molar-refractivity contribution in [1.29, 1.82) is 0 Å². The third-order valence-corrected chi connectivity index (χ3v) is 4.29. The summed E-state index contributed by atoms with van der Waals surface area (Å²) in [6.07, 6.45) is 5.32. The minimum absolute atomic E-state index is 0.264. The fourth-order valence-corrected chi connectivity index (χ4v) is 2.96. The minimum Gasteiger partial charge on any atom is -0.301 e. The smallest absolute Gasteiger partial charge is 0.301 e. The van der Waals surface area contributed by atoms with E-state index in [1.54, 1.807) is 16.8 Å². The van der Waals surface area contributed by atoms with Crippen molar-refractivity contribution in [1.82, 2.24) is 18.9 Å². The number of hydrogen-bond donors (Lipinski definition) is 0. The van der Waals surface area contributed by atoms with Gasteiger partial charge in [-0.05, 0) is 31.5 Å². The Kier molecular flexibility index (Phi) is 3.69. The number of pyridine rings is 1. The van der Waals surface area contributed by atoms with Gasteiger partial charge in [0.2, 0.25) is 0 Å². The van der Waals surface area contributed by atoms with Gasteiger partial charge in [0.05, 0.1) is 17.9 Å². The summed E-state index contributed by atoms with van der Waals surface area (Å²) >= 11 is 0. The number of rotatable bonds is 3. The molecule has 3 heterocycles. The van der Waals surface area contributed by atoms with Crippen LogP contribution in [0.5, 0.6) is 0 Å². The van der Waals surface area contributed by atoms with Crippen molar-refractivity contribution in [3.8, 4) is 11.3 Å². The van der Waals surface area contributed by atoms with Gasteiger partial charge in [-0.1, -0.05) is 35.9 Å². The Morgan fingerprint density at radius 1 is 1.00 bits per heavy atom. The summed E-state index contributed by atoms with van der Waals surface area (Å²) in [6, 6.07) is 14.1. The topological polar surface area (TPSA) is 52.2 Å². The van der Waals surface area contributed by atoms with Crippen LogP contribution >= 0.6 is 0 Å². The van der Waals surface area contributed by atoms with Gasteiger partial charge < -0.3 is 4.40 Å². The second-order valence-electron chi connectivity index (χ2n) is 6.24. The van der Waals surface area contributed by atoms with E-state index >= 15 is 0 Å². The lowest BCUT2D eigenvalue weighted by Gasteiger charge is -2.08. The summed E-state index contributed by atoms with van der Waals surface area (Å²) in [5.74, 6) is 0. The zero-order chi connectivity index (χ0) is 17.4. The first-order valence-electron chi connectivity index (χ1n) is 8.18. The van der Waals surface area contributed by atoms with Crippen molar-refractivity contribution in [3.05, 3.63) is 88.4 Å². The number of hydrogen-bond acceptors (Lipinski definition) is 3. The molecule has 0 amide bonds. The molecule has 0 atom stereocenters. The maximum atomic E-state index is 12.1.